The van der Waals surface area contributed by atoms with E-state index >= 15 is 0 Å². The first-order valence-corrected chi connectivity index (χ1v) is 6.80. The third-order valence-electron chi connectivity index (χ3n) is 3.75. The summed E-state index contributed by atoms with van der Waals surface area (Å²) in [6, 6.07) is 8.54. The molecular formula is C15H22N2O2. The van der Waals surface area contributed by atoms with Crippen LogP contribution in [0.5, 0.6) is 0 Å². The number of piperidine rings is 1. The van der Waals surface area contributed by atoms with Crippen LogP contribution in [0.3, 0.4) is 0 Å². The number of benzene rings is 1. The Morgan fingerprint density at radius 3 is 3.00 bits per heavy atom. The zero-order chi connectivity index (χ0) is 13.8. The normalized spacial score (nSPS) is 21.5. The number of aliphatic hydroxyl groups is 1. The van der Waals surface area contributed by atoms with E-state index < -0.39 is 0 Å². The van der Waals surface area contributed by atoms with Gasteiger partial charge in [-0.25, -0.2) is 0 Å². The standard InChI is InChI=1S/C15H22N2O2/c1-11(13-5-3-4-12(8-13)10-18)16-14-6-7-15(19)17(2)9-14/h3-5,8,11,14,16,18H,6-7,9-10H2,1-2H3/t11-,14+/m1/s1. The molecule has 1 aliphatic heterocycles. The number of likely N-dealkylation sites (tertiary alicyclic amines) is 1. The molecule has 0 spiro atoms. The summed E-state index contributed by atoms with van der Waals surface area (Å²) in [5, 5.41) is 12.7. The molecular weight excluding hydrogens is 240 g/mol. The lowest BCUT2D eigenvalue weighted by atomic mass is 10.0. The van der Waals surface area contributed by atoms with Crippen molar-refractivity contribution in [1.29, 1.82) is 0 Å². The number of rotatable bonds is 4. The summed E-state index contributed by atoms with van der Waals surface area (Å²) < 4.78 is 0. The van der Waals surface area contributed by atoms with Gasteiger partial charge in [0.05, 0.1) is 6.61 Å². The zero-order valence-electron chi connectivity index (χ0n) is 11.6. The summed E-state index contributed by atoms with van der Waals surface area (Å²) in [6.07, 6.45) is 1.52. The fourth-order valence-electron chi connectivity index (χ4n) is 2.56. The molecule has 1 amide bonds. The van der Waals surface area contributed by atoms with Crippen molar-refractivity contribution in [3.63, 3.8) is 0 Å². The first-order chi connectivity index (χ1) is 9.10. The topological polar surface area (TPSA) is 52.6 Å². The Morgan fingerprint density at radius 2 is 2.32 bits per heavy atom. The first-order valence-electron chi connectivity index (χ1n) is 6.80. The molecule has 0 unspecified atom stereocenters. The molecule has 2 atom stereocenters. The Bertz CT molecular complexity index is 448. The van der Waals surface area contributed by atoms with Gasteiger partial charge < -0.3 is 15.3 Å². The predicted molar refractivity (Wildman–Crippen MR) is 74.6 cm³/mol. The van der Waals surface area contributed by atoms with Crippen LogP contribution >= 0.6 is 0 Å². The van der Waals surface area contributed by atoms with Gasteiger partial charge in [-0.2, -0.15) is 0 Å². The first kappa shape index (κ1) is 14.0. The van der Waals surface area contributed by atoms with Crippen molar-refractivity contribution < 1.29 is 9.90 Å². The van der Waals surface area contributed by atoms with Gasteiger partial charge in [-0.3, -0.25) is 4.79 Å². The summed E-state index contributed by atoms with van der Waals surface area (Å²) in [5.74, 6) is 0.230. The molecule has 2 rings (SSSR count). The van der Waals surface area contributed by atoms with Crippen molar-refractivity contribution in [2.24, 2.45) is 0 Å². The molecule has 1 aromatic carbocycles. The SMILES string of the molecule is C[C@@H](N[C@H]1CCC(=O)N(C)C1)c1cccc(CO)c1. The fourth-order valence-corrected chi connectivity index (χ4v) is 2.56. The van der Waals surface area contributed by atoms with E-state index in [1.807, 2.05) is 25.2 Å². The third kappa shape index (κ3) is 3.55. The van der Waals surface area contributed by atoms with E-state index in [-0.39, 0.29) is 18.6 Å². The maximum absolute atomic E-state index is 11.4. The van der Waals surface area contributed by atoms with Gasteiger partial charge in [0.15, 0.2) is 0 Å². The molecule has 1 saturated heterocycles. The van der Waals surface area contributed by atoms with E-state index in [2.05, 4.69) is 18.3 Å². The molecule has 1 aromatic rings. The van der Waals surface area contributed by atoms with Crippen molar-refractivity contribution in [1.82, 2.24) is 10.2 Å². The van der Waals surface area contributed by atoms with Gasteiger partial charge in [-0.05, 0) is 24.5 Å². The van der Waals surface area contributed by atoms with Crippen molar-refractivity contribution >= 4 is 5.91 Å². The van der Waals surface area contributed by atoms with Crippen LogP contribution in [0.4, 0.5) is 0 Å². The largest absolute Gasteiger partial charge is 0.392 e. The van der Waals surface area contributed by atoms with Crippen LogP contribution in [0.15, 0.2) is 24.3 Å². The maximum Gasteiger partial charge on any atom is 0.222 e. The average molecular weight is 262 g/mol. The summed E-state index contributed by atoms with van der Waals surface area (Å²) in [4.78, 5) is 13.2. The minimum atomic E-state index is 0.0707. The highest BCUT2D eigenvalue weighted by Crippen LogP contribution is 2.18. The monoisotopic (exact) mass is 262 g/mol. The molecule has 0 aromatic heterocycles. The molecule has 1 aliphatic rings. The third-order valence-corrected chi connectivity index (χ3v) is 3.75. The van der Waals surface area contributed by atoms with Crippen LogP contribution in [-0.4, -0.2) is 35.5 Å². The van der Waals surface area contributed by atoms with Crippen LogP contribution in [0.1, 0.15) is 36.9 Å². The summed E-state index contributed by atoms with van der Waals surface area (Å²) in [5.41, 5.74) is 2.10. The molecule has 0 radical (unpaired) electrons. The van der Waals surface area contributed by atoms with Gasteiger partial charge in [0, 0.05) is 32.1 Å². The number of carbonyl (C=O) groups is 1. The van der Waals surface area contributed by atoms with Gasteiger partial charge in [-0.15, -0.1) is 0 Å². The Kier molecular flexibility index (Phi) is 4.56. The average Bonchev–Trinajstić information content (AvgIpc) is 2.43. The van der Waals surface area contributed by atoms with Crippen LogP contribution in [0, 0.1) is 0 Å². The Morgan fingerprint density at radius 1 is 1.53 bits per heavy atom. The quantitative estimate of drug-likeness (QED) is 0.863. The zero-order valence-corrected chi connectivity index (χ0v) is 11.6. The second kappa shape index (κ2) is 6.17. The molecule has 1 fully saturated rings. The molecule has 4 heteroatoms. The van der Waals surface area contributed by atoms with Crippen LogP contribution in [0.2, 0.25) is 0 Å². The lowest BCUT2D eigenvalue weighted by Crippen LogP contribution is -2.47. The minimum Gasteiger partial charge on any atom is -0.392 e. The second-order valence-electron chi connectivity index (χ2n) is 5.30. The molecule has 0 bridgehead atoms. The van der Waals surface area contributed by atoms with Gasteiger partial charge in [-0.1, -0.05) is 24.3 Å². The van der Waals surface area contributed by atoms with Gasteiger partial charge in [0.1, 0.15) is 0 Å². The molecule has 1 heterocycles. The molecule has 0 aliphatic carbocycles. The van der Waals surface area contributed by atoms with E-state index in [1.54, 1.807) is 4.90 Å². The Labute approximate surface area is 114 Å². The summed E-state index contributed by atoms with van der Waals surface area (Å²) in [6.45, 7) is 2.96. The Hall–Kier alpha value is -1.39. The van der Waals surface area contributed by atoms with E-state index in [1.165, 1.54) is 5.56 Å². The number of carbonyl (C=O) groups excluding carboxylic acids is 1. The van der Waals surface area contributed by atoms with Crippen LogP contribution in [0.25, 0.3) is 0 Å². The smallest absolute Gasteiger partial charge is 0.222 e. The van der Waals surface area contributed by atoms with E-state index in [4.69, 9.17) is 5.11 Å². The lowest BCUT2D eigenvalue weighted by Gasteiger charge is -2.32. The maximum atomic E-state index is 11.4. The molecule has 0 saturated carbocycles. The fraction of sp³-hybridized carbons (Fsp3) is 0.533. The van der Waals surface area contributed by atoms with Crippen molar-refractivity contribution in [2.45, 2.75) is 38.5 Å². The minimum absolute atomic E-state index is 0.0707. The lowest BCUT2D eigenvalue weighted by molar-refractivity contribution is -0.132. The van der Waals surface area contributed by atoms with Crippen molar-refractivity contribution in [3.05, 3.63) is 35.4 Å². The number of hydrogen-bond donors (Lipinski definition) is 2. The van der Waals surface area contributed by atoms with E-state index in [0.29, 0.717) is 12.5 Å². The number of nitrogens with one attached hydrogen (secondary N) is 1. The highest BCUT2D eigenvalue weighted by molar-refractivity contribution is 5.76. The van der Waals surface area contributed by atoms with Crippen molar-refractivity contribution in [2.75, 3.05) is 13.6 Å². The van der Waals surface area contributed by atoms with Gasteiger partial charge >= 0.3 is 0 Å². The van der Waals surface area contributed by atoms with Crippen molar-refractivity contribution in [3.8, 4) is 0 Å². The van der Waals surface area contributed by atoms with E-state index in [9.17, 15) is 4.79 Å². The van der Waals surface area contributed by atoms with Crippen LogP contribution < -0.4 is 5.32 Å². The molecule has 104 valence electrons. The Balaban J connectivity index is 1.96. The van der Waals surface area contributed by atoms with E-state index in [0.717, 1.165) is 18.5 Å². The second-order valence-corrected chi connectivity index (χ2v) is 5.30. The van der Waals surface area contributed by atoms with Gasteiger partial charge in [0.25, 0.3) is 0 Å². The number of amides is 1. The summed E-state index contributed by atoms with van der Waals surface area (Å²) >= 11 is 0. The molecule has 19 heavy (non-hydrogen) atoms. The predicted octanol–water partition coefficient (Wildman–Crippen LogP) is 1.45. The van der Waals surface area contributed by atoms with Gasteiger partial charge in [0.2, 0.25) is 5.91 Å². The highest BCUT2D eigenvalue weighted by Gasteiger charge is 2.23. The number of hydrogen-bond acceptors (Lipinski definition) is 3. The molecule has 4 nitrogen and oxygen atoms in total. The number of aliphatic hydroxyl groups excluding tert-OH is 1. The number of likely N-dealkylation sites (N-methyl/N-ethyl adjacent to an activating group) is 1. The molecule has 2 N–H and O–H groups in total. The summed E-state index contributed by atoms with van der Waals surface area (Å²) in [7, 11) is 1.85. The highest BCUT2D eigenvalue weighted by atomic mass is 16.3. The van der Waals surface area contributed by atoms with Crippen LogP contribution in [-0.2, 0) is 11.4 Å². The number of nitrogens with zero attached hydrogens (tertiary/aromatic N) is 1.